The van der Waals surface area contributed by atoms with E-state index in [0.29, 0.717) is 11.5 Å². The van der Waals surface area contributed by atoms with Gasteiger partial charge in [0.05, 0.1) is 6.04 Å². The molecule has 14 heavy (non-hydrogen) atoms. The number of carbonyl (C=O) groups excluding carboxylic acids is 1. The summed E-state index contributed by atoms with van der Waals surface area (Å²) in [5.74, 6) is 0.347. The van der Waals surface area contributed by atoms with Crippen LogP contribution >= 0.6 is 0 Å². The molecule has 2 N–H and O–H groups in total. The molecule has 3 unspecified atom stereocenters. The Morgan fingerprint density at radius 1 is 1.71 bits per heavy atom. The third-order valence-corrected chi connectivity index (χ3v) is 2.85. The van der Waals surface area contributed by atoms with Crippen molar-refractivity contribution in [3.63, 3.8) is 0 Å². The molecular formula is C11H19NO2. The third-order valence-electron chi connectivity index (χ3n) is 2.85. The first kappa shape index (κ1) is 11.2. The van der Waals surface area contributed by atoms with Gasteiger partial charge < -0.3 is 10.4 Å². The second-order valence-electron chi connectivity index (χ2n) is 4.06. The average Bonchev–Trinajstić information content (AvgIpc) is 2.47. The Kier molecular flexibility index (Phi) is 3.69. The van der Waals surface area contributed by atoms with Crippen molar-refractivity contribution in [1.82, 2.24) is 5.32 Å². The minimum Gasteiger partial charge on any atom is -0.386 e. The van der Waals surface area contributed by atoms with Crippen LogP contribution in [0.5, 0.6) is 0 Å². The van der Waals surface area contributed by atoms with Gasteiger partial charge in [0.2, 0.25) is 0 Å². The maximum absolute atomic E-state index is 11.1. The van der Waals surface area contributed by atoms with E-state index in [0.717, 1.165) is 12.8 Å². The molecule has 80 valence electrons. The molecule has 0 saturated carbocycles. The Morgan fingerprint density at radius 3 is 2.79 bits per heavy atom. The number of hydrogen-bond acceptors (Lipinski definition) is 3. The van der Waals surface area contributed by atoms with Crippen LogP contribution in [0.15, 0.2) is 11.8 Å². The van der Waals surface area contributed by atoms with Gasteiger partial charge in [-0.1, -0.05) is 20.3 Å². The summed E-state index contributed by atoms with van der Waals surface area (Å²) in [5, 5.41) is 13.0. The number of aliphatic hydroxyl groups is 1. The zero-order chi connectivity index (χ0) is 10.7. The lowest BCUT2D eigenvalue weighted by Crippen LogP contribution is -2.38. The normalized spacial score (nSPS) is 28.1. The summed E-state index contributed by atoms with van der Waals surface area (Å²) >= 11 is 0. The largest absolute Gasteiger partial charge is 0.386 e. The van der Waals surface area contributed by atoms with Crippen molar-refractivity contribution in [3.05, 3.63) is 11.8 Å². The van der Waals surface area contributed by atoms with E-state index in [-0.39, 0.29) is 11.8 Å². The van der Waals surface area contributed by atoms with Crippen LogP contribution in [0, 0.1) is 5.92 Å². The maximum atomic E-state index is 11.1. The molecule has 0 saturated heterocycles. The number of ketones is 1. The fourth-order valence-corrected chi connectivity index (χ4v) is 1.98. The van der Waals surface area contributed by atoms with Crippen LogP contribution in [0.4, 0.5) is 0 Å². The van der Waals surface area contributed by atoms with Gasteiger partial charge in [-0.15, -0.1) is 0 Å². The molecule has 0 amide bonds. The predicted molar refractivity (Wildman–Crippen MR) is 55.8 cm³/mol. The lowest BCUT2D eigenvalue weighted by atomic mass is 9.91. The minimum absolute atomic E-state index is 0.00819. The van der Waals surface area contributed by atoms with E-state index in [2.05, 4.69) is 19.2 Å². The number of nitrogens with one attached hydrogen (secondary N) is 1. The van der Waals surface area contributed by atoms with Crippen molar-refractivity contribution in [2.75, 3.05) is 0 Å². The fourth-order valence-electron chi connectivity index (χ4n) is 1.98. The van der Waals surface area contributed by atoms with Crippen LogP contribution in [0.1, 0.15) is 33.6 Å². The van der Waals surface area contributed by atoms with Crippen LogP contribution in [0.3, 0.4) is 0 Å². The number of carbonyl (C=O) groups is 1. The summed E-state index contributed by atoms with van der Waals surface area (Å²) in [6, 6.07) is 0.00819. The van der Waals surface area contributed by atoms with Gasteiger partial charge in [0.1, 0.15) is 6.10 Å². The molecule has 0 radical (unpaired) electrons. The first-order valence-corrected chi connectivity index (χ1v) is 5.23. The highest BCUT2D eigenvalue weighted by Gasteiger charge is 2.33. The average molecular weight is 197 g/mol. The second kappa shape index (κ2) is 4.60. The van der Waals surface area contributed by atoms with E-state index >= 15 is 0 Å². The van der Waals surface area contributed by atoms with Gasteiger partial charge in [0.25, 0.3) is 0 Å². The first-order chi connectivity index (χ1) is 6.57. The van der Waals surface area contributed by atoms with E-state index < -0.39 is 6.10 Å². The Labute approximate surface area is 85.2 Å². The van der Waals surface area contributed by atoms with E-state index in [9.17, 15) is 9.90 Å². The topological polar surface area (TPSA) is 49.3 Å². The Morgan fingerprint density at radius 2 is 2.36 bits per heavy atom. The second-order valence-corrected chi connectivity index (χ2v) is 4.06. The van der Waals surface area contributed by atoms with Gasteiger partial charge in [0.15, 0.2) is 5.78 Å². The van der Waals surface area contributed by atoms with E-state index in [4.69, 9.17) is 0 Å². The molecule has 0 aromatic heterocycles. The molecule has 0 aromatic carbocycles. The van der Waals surface area contributed by atoms with Crippen molar-refractivity contribution in [2.45, 2.75) is 45.8 Å². The van der Waals surface area contributed by atoms with Crippen molar-refractivity contribution < 1.29 is 9.90 Å². The summed E-state index contributed by atoms with van der Waals surface area (Å²) in [6.45, 7) is 5.71. The molecule has 0 fully saturated rings. The maximum Gasteiger partial charge on any atom is 0.159 e. The number of aliphatic hydroxyl groups excluding tert-OH is 1. The van der Waals surface area contributed by atoms with Crippen LogP contribution in [0.25, 0.3) is 0 Å². The molecule has 0 aliphatic carbocycles. The molecule has 0 bridgehead atoms. The summed E-state index contributed by atoms with van der Waals surface area (Å²) in [5.41, 5.74) is 0.512. The molecule has 3 nitrogen and oxygen atoms in total. The molecule has 1 aliphatic heterocycles. The highest BCUT2D eigenvalue weighted by atomic mass is 16.3. The van der Waals surface area contributed by atoms with Gasteiger partial charge in [-0.05, 0) is 19.3 Å². The molecule has 3 atom stereocenters. The molecule has 1 aliphatic rings. The van der Waals surface area contributed by atoms with Crippen molar-refractivity contribution in [1.29, 1.82) is 0 Å². The van der Waals surface area contributed by atoms with Gasteiger partial charge in [0, 0.05) is 11.8 Å². The van der Waals surface area contributed by atoms with Crippen molar-refractivity contribution in [3.8, 4) is 0 Å². The molecule has 0 spiro atoms. The smallest absolute Gasteiger partial charge is 0.159 e. The summed E-state index contributed by atoms with van der Waals surface area (Å²) in [4.78, 5) is 11.1. The Hall–Kier alpha value is -0.830. The standard InChI is InChI=1S/C11H19NO2/c1-4-5-7(2)10-11(14)9(6-12-10)8(3)13/h6-7,10-12,14H,4-5H2,1-3H3. The monoisotopic (exact) mass is 197 g/mol. The minimum atomic E-state index is -0.631. The van der Waals surface area contributed by atoms with Gasteiger partial charge in [-0.25, -0.2) is 0 Å². The van der Waals surface area contributed by atoms with E-state index in [1.807, 2.05) is 0 Å². The van der Waals surface area contributed by atoms with Crippen molar-refractivity contribution in [2.24, 2.45) is 5.92 Å². The summed E-state index contributed by atoms with van der Waals surface area (Å²) in [7, 11) is 0. The van der Waals surface area contributed by atoms with Crippen LogP contribution in [-0.2, 0) is 4.79 Å². The van der Waals surface area contributed by atoms with Gasteiger partial charge in [-0.3, -0.25) is 4.79 Å². The SMILES string of the molecule is CCCC(C)C1NC=C(C(C)=O)C1O. The van der Waals surface area contributed by atoms with Crippen LogP contribution in [-0.4, -0.2) is 23.0 Å². The summed E-state index contributed by atoms with van der Waals surface area (Å²) in [6.07, 6.45) is 3.19. The van der Waals surface area contributed by atoms with Crippen LogP contribution < -0.4 is 5.32 Å². The number of hydrogen-bond donors (Lipinski definition) is 2. The Bertz CT molecular complexity index is 248. The predicted octanol–water partition coefficient (Wildman–Crippen LogP) is 1.23. The Balaban J connectivity index is 2.59. The number of rotatable bonds is 4. The highest BCUT2D eigenvalue weighted by molar-refractivity contribution is 5.94. The molecule has 1 rings (SSSR count). The zero-order valence-corrected chi connectivity index (χ0v) is 9.08. The van der Waals surface area contributed by atoms with Gasteiger partial charge >= 0.3 is 0 Å². The quantitative estimate of drug-likeness (QED) is 0.712. The fraction of sp³-hybridized carbons (Fsp3) is 0.727. The van der Waals surface area contributed by atoms with Crippen LogP contribution in [0.2, 0.25) is 0 Å². The van der Waals surface area contributed by atoms with E-state index in [1.54, 1.807) is 6.20 Å². The highest BCUT2D eigenvalue weighted by Crippen LogP contribution is 2.22. The molecule has 3 heteroatoms. The molecule has 1 heterocycles. The molecule has 0 aromatic rings. The zero-order valence-electron chi connectivity index (χ0n) is 9.08. The lowest BCUT2D eigenvalue weighted by Gasteiger charge is -2.23. The summed E-state index contributed by atoms with van der Waals surface area (Å²) < 4.78 is 0. The first-order valence-electron chi connectivity index (χ1n) is 5.23. The van der Waals surface area contributed by atoms with Crippen molar-refractivity contribution >= 4 is 5.78 Å². The van der Waals surface area contributed by atoms with E-state index in [1.165, 1.54) is 6.92 Å². The van der Waals surface area contributed by atoms with Gasteiger partial charge in [-0.2, -0.15) is 0 Å². The number of Topliss-reactive ketones (excluding diaryl/α,β-unsaturated/α-hetero) is 1. The molecular weight excluding hydrogens is 178 g/mol. The lowest BCUT2D eigenvalue weighted by molar-refractivity contribution is -0.114. The third kappa shape index (κ3) is 2.15.